The molecule has 0 atom stereocenters. The van der Waals surface area contributed by atoms with Crippen molar-refractivity contribution in [1.29, 1.82) is 0 Å². The molecular weight excluding hydrogens is 449 g/mol. The Morgan fingerprint density at radius 2 is 1.50 bits per heavy atom. The van der Waals surface area contributed by atoms with Crippen LogP contribution in [0.15, 0.2) is 77.7 Å². The van der Waals surface area contributed by atoms with E-state index < -0.39 is 14.9 Å². The number of hydrogen-bond acceptors (Lipinski definition) is 5. The highest BCUT2D eigenvalue weighted by Crippen LogP contribution is 2.25. The second kappa shape index (κ2) is 10.3. The Labute approximate surface area is 185 Å². The number of nitrogens with one attached hydrogen (secondary N) is 1. The topological polar surface area (TPSA) is 92.5 Å². The number of hydrogen-bond donors (Lipinski definition) is 1. The van der Waals surface area contributed by atoms with Crippen LogP contribution >= 0.6 is 23.2 Å². The maximum atomic E-state index is 12.4. The number of benzene rings is 3. The third-order valence-electron chi connectivity index (χ3n) is 3.99. The minimum absolute atomic E-state index is 0.0319. The van der Waals surface area contributed by atoms with Crippen LogP contribution in [0.3, 0.4) is 0 Å². The average molecular weight is 468 g/mol. The minimum atomic E-state index is -3.80. The van der Waals surface area contributed by atoms with Gasteiger partial charge in [0.25, 0.3) is 15.7 Å². The van der Waals surface area contributed by atoms with E-state index in [4.69, 9.17) is 23.2 Å². The summed E-state index contributed by atoms with van der Waals surface area (Å²) in [6.45, 7) is 0. The molecule has 0 heterocycles. The standard InChI is InChI=1S/C13H11ClN2O4S.C7H8ClN/c1-15(12-4-2-3-10(14)9-12)21(19,20)13-7-5-11(6-8-13)16(17)18;1-9-7-4-2-3-6(8)5-7/h2-9H,1H3;2-5,9H,1H3. The van der Waals surface area contributed by atoms with E-state index in [1.807, 2.05) is 31.3 Å². The lowest BCUT2D eigenvalue weighted by molar-refractivity contribution is -0.384. The van der Waals surface area contributed by atoms with Crippen molar-refractivity contribution in [3.8, 4) is 0 Å². The summed E-state index contributed by atoms with van der Waals surface area (Å²) in [6.07, 6.45) is 0. The first kappa shape index (κ1) is 23.5. The first-order chi connectivity index (χ1) is 14.1. The van der Waals surface area contributed by atoms with Crippen LogP contribution in [0.4, 0.5) is 17.1 Å². The molecule has 10 heteroatoms. The molecule has 3 aromatic carbocycles. The SMILES string of the molecule is CN(c1cccc(Cl)c1)S(=O)(=O)c1ccc([N+](=O)[O-])cc1.CNc1cccc(Cl)c1. The summed E-state index contributed by atoms with van der Waals surface area (Å²) in [7, 11) is -0.541. The van der Waals surface area contributed by atoms with E-state index in [0.717, 1.165) is 27.1 Å². The molecule has 0 saturated carbocycles. The van der Waals surface area contributed by atoms with Crippen molar-refractivity contribution in [2.24, 2.45) is 0 Å². The fraction of sp³-hybridized carbons (Fsp3) is 0.100. The van der Waals surface area contributed by atoms with Crippen LogP contribution < -0.4 is 9.62 Å². The second-order valence-corrected chi connectivity index (χ2v) is 8.81. The summed E-state index contributed by atoms with van der Waals surface area (Å²) in [5.74, 6) is 0. The molecule has 3 rings (SSSR count). The van der Waals surface area contributed by atoms with Gasteiger partial charge in [-0.3, -0.25) is 14.4 Å². The van der Waals surface area contributed by atoms with Gasteiger partial charge in [-0.1, -0.05) is 35.3 Å². The molecule has 0 bridgehead atoms. The normalized spacial score (nSPS) is 10.5. The number of non-ortho nitro benzene ring substituents is 1. The van der Waals surface area contributed by atoms with Crippen LogP contribution in [0.25, 0.3) is 0 Å². The van der Waals surface area contributed by atoms with Gasteiger partial charge in [0.05, 0.1) is 15.5 Å². The highest BCUT2D eigenvalue weighted by Gasteiger charge is 2.22. The quantitative estimate of drug-likeness (QED) is 0.397. The lowest BCUT2D eigenvalue weighted by Gasteiger charge is -2.19. The summed E-state index contributed by atoms with van der Waals surface area (Å²) < 4.78 is 25.9. The molecule has 30 heavy (non-hydrogen) atoms. The van der Waals surface area contributed by atoms with Gasteiger partial charge in [-0.25, -0.2) is 8.42 Å². The predicted octanol–water partition coefficient (Wildman–Crippen LogP) is 5.46. The fourth-order valence-corrected chi connectivity index (χ4v) is 3.91. The zero-order valence-corrected chi connectivity index (χ0v) is 18.4. The Morgan fingerprint density at radius 3 is 1.97 bits per heavy atom. The van der Waals surface area contributed by atoms with Crippen LogP contribution in [-0.2, 0) is 10.0 Å². The number of anilines is 2. The fourth-order valence-electron chi connectivity index (χ4n) is 2.35. The molecule has 0 aliphatic carbocycles. The summed E-state index contributed by atoms with van der Waals surface area (Å²) in [5.41, 5.74) is 1.28. The van der Waals surface area contributed by atoms with E-state index in [-0.39, 0.29) is 10.6 Å². The number of rotatable bonds is 5. The maximum absolute atomic E-state index is 12.4. The smallest absolute Gasteiger partial charge is 0.269 e. The van der Waals surface area contributed by atoms with Crippen molar-refractivity contribution in [3.05, 3.63) is 93.0 Å². The van der Waals surface area contributed by atoms with Crippen molar-refractivity contribution < 1.29 is 13.3 Å². The summed E-state index contributed by atoms with van der Waals surface area (Å²) in [4.78, 5) is 9.97. The van der Waals surface area contributed by atoms with Crippen LogP contribution in [-0.4, -0.2) is 27.4 Å². The van der Waals surface area contributed by atoms with Gasteiger partial charge in [0.15, 0.2) is 0 Å². The lowest BCUT2D eigenvalue weighted by atomic mass is 10.3. The molecule has 7 nitrogen and oxygen atoms in total. The highest BCUT2D eigenvalue weighted by molar-refractivity contribution is 7.92. The van der Waals surface area contributed by atoms with E-state index in [9.17, 15) is 18.5 Å². The van der Waals surface area contributed by atoms with Crippen molar-refractivity contribution >= 4 is 50.3 Å². The van der Waals surface area contributed by atoms with Gasteiger partial charge in [0.2, 0.25) is 0 Å². The zero-order chi connectivity index (χ0) is 22.3. The molecule has 0 aromatic heterocycles. The molecule has 0 spiro atoms. The number of halogens is 2. The van der Waals surface area contributed by atoms with E-state index in [2.05, 4.69) is 5.32 Å². The van der Waals surface area contributed by atoms with Gasteiger partial charge in [-0.15, -0.1) is 0 Å². The molecule has 0 aliphatic heterocycles. The minimum Gasteiger partial charge on any atom is -0.388 e. The molecule has 158 valence electrons. The second-order valence-electron chi connectivity index (χ2n) is 5.96. The molecule has 1 N–H and O–H groups in total. The van der Waals surface area contributed by atoms with Crippen LogP contribution in [0.2, 0.25) is 10.0 Å². The summed E-state index contributed by atoms with van der Waals surface area (Å²) in [6, 6.07) is 18.7. The molecule has 3 aromatic rings. The van der Waals surface area contributed by atoms with Gasteiger partial charge in [0.1, 0.15) is 0 Å². The molecule has 0 unspecified atom stereocenters. The van der Waals surface area contributed by atoms with Crippen molar-refractivity contribution in [2.45, 2.75) is 4.90 Å². The lowest BCUT2D eigenvalue weighted by Crippen LogP contribution is -2.26. The van der Waals surface area contributed by atoms with Crippen molar-refractivity contribution in [1.82, 2.24) is 0 Å². The first-order valence-electron chi connectivity index (χ1n) is 8.57. The van der Waals surface area contributed by atoms with Gasteiger partial charge >= 0.3 is 0 Å². The van der Waals surface area contributed by atoms with Crippen LogP contribution in [0.5, 0.6) is 0 Å². The number of nitro groups is 1. The monoisotopic (exact) mass is 467 g/mol. The number of nitro benzene ring substituents is 1. The Morgan fingerprint density at radius 1 is 0.933 bits per heavy atom. The van der Waals surface area contributed by atoms with Crippen molar-refractivity contribution in [3.63, 3.8) is 0 Å². The Kier molecular flexibility index (Phi) is 8.05. The van der Waals surface area contributed by atoms with Gasteiger partial charge in [-0.2, -0.15) is 0 Å². The molecular formula is C20H19Cl2N3O4S. The van der Waals surface area contributed by atoms with Crippen molar-refractivity contribution in [2.75, 3.05) is 23.7 Å². The van der Waals surface area contributed by atoms with E-state index in [1.54, 1.807) is 18.2 Å². The Bertz CT molecular complexity index is 1120. The zero-order valence-electron chi connectivity index (χ0n) is 16.1. The van der Waals surface area contributed by atoms with E-state index in [1.165, 1.54) is 25.2 Å². The third kappa shape index (κ3) is 6.09. The maximum Gasteiger partial charge on any atom is 0.269 e. The Balaban J connectivity index is 0.000000297. The number of sulfonamides is 1. The molecule has 0 amide bonds. The molecule has 0 saturated heterocycles. The third-order valence-corrected chi connectivity index (χ3v) is 6.26. The van der Waals surface area contributed by atoms with E-state index in [0.29, 0.717) is 10.7 Å². The predicted molar refractivity (Wildman–Crippen MR) is 121 cm³/mol. The highest BCUT2D eigenvalue weighted by atomic mass is 35.5. The van der Waals surface area contributed by atoms with Crippen LogP contribution in [0.1, 0.15) is 0 Å². The largest absolute Gasteiger partial charge is 0.388 e. The number of nitrogens with zero attached hydrogens (tertiary/aromatic N) is 2. The first-order valence-corrected chi connectivity index (χ1v) is 10.8. The van der Waals surface area contributed by atoms with E-state index >= 15 is 0 Å². The molecule has 0 aliphatic rings. The average Bonchev–Trinajstić information content (AvgIpc) is 2.73. The Hall–Kier alpha value is -2.81. The van der Waals surface area contributed by atoms with Crippen LogP contribution in [0, 0.1) is 10.1 Å². The van der Waals surface area contributed by atoms with Gasteiger partial charge < -0.3 is 5.32 Å². The summed E-state index contributed by atoms with van der Waals surface area (Å²) in [5, 5.41) is 14.7. The summed E-state index contributed by atoms with van der Waals surface area (Å²) >= 11 is 11.5. The molecule has 0 radical (unpaired) electrons. The van der Waals surface area contributed by atoms with Gasteiger partial charge in [-0.05, 0) is 48.5 Å². The van der Waals surface area contributed by atoms with Gasteiger partial charge in [0, 0.05) is 42.0 Å². The molecule has 0 fully saturated rings.